The SMILES string of the molecule is CC(NCCN1CCCC1)c1ccc(Br)cc1F. The van der Waals surface area contributed by atoms with Crippen LogP contribution in [0.2, 0.25) is 0 Å². The van der Waals surface area contributed by atoms with Gasteiger partial charge in [0.25, 0.3) is 0 Å². The minimum Gasteiger partial charge on any atom is -0.309 e. The molecular formula is C14H20BrFN2. The van der Waals surface area contributed by atoms with Gasteiger partial charge in [-0.05, 0) is 45.0 Å². The molecule has 100 valence electrons. The lowest BCUT2D eigenvalue weighted by Gasteiger charge is -2.19. The van der Waals surface area contributed by atoms with E-state index in [1.165, 1.54) is 32.0 Å². The van der Waals surface area contributed by atoms with Gasteiger partial charge in [0.2, 0.25) is 0 Å². The van der Waals surface area contributed by atoms with Crippen LogP contribution in [0.4, 0.5) is 4.39 Å². The van der Waals surface area contributed by atoms with Gasteiger partial charge < -0.3 is 10.2 Å². The first kappa shape index (κ1) is 14.0. The Labute approximate surface area is 117 Å². The average molecular weight is 315 g/mol. The number of nitrogens with one attached hydrogen (secondary N) is 1. The van der Waals surface area contributed by atoms with Crippen molar-refractivity contribution in [2.24, 2.45) is 0 Å². The van der Waals surface area contributed by atoms with Gasteiger partial charge in [0.15, 0.2) is 0 Å². The quantitative estimate of drug-likeness (QED) is 0.896. The molecule has 1 aliphatic rings. The molecule has 0 aromatic heterocycles. The van der Waals surface area contributed by atoms with E-state index >= 15 is 0 Å². The van der Waals surface area contributed by atoms with Gasteiger partial charge in [-0.15, -0.1) is 0 Å². The summed E-state index contributed by atoms with van der Waals surface area (Å²) in [4.78, 5) is 2.46. The standard InChI is InChI=1S/C14H20BrFN2/c1-11(13-5-4-12(15)10-14(13)16)17-6-9-18-7-2-3-8-18/h4-5,10-11,17H,2-3,6-9H2,1H3. The molecule has 1 unspecified atom stereocenters. The maximum atomic E-state index is 13.7. The molecule has 2 rings (SSSR count). The Morgan fingerprint density at radius 2 is 2.11 bits per heavy atom. The van der Waals surface area contributed by atoms with Crippen molar-refractivity contribution < 1.29 is 4.39 Å². The summed E-state index contributed by atoms with van der Waals surface area (Å²) in [5.74, 6) is -0.148. The molecular weight excluding hydrogens is 295 g/mol. The number of benzene rings is 1. The van der Waals surface area contributed by atoms with Gasteiger partial charge in [0.05, 0.1) is 0 Å². The van der Waals surface area contributed by atoms with Gasteiger partial charge in [0, 0.05) is 29.2 Å². The van der Waals surface area contributed by atoms with Crippen LogP contribution in [0.3, 0.4) is 0 Å². The summed E-state index contributed by atoms with van der Waals surface area (Å²) in [6.45, 7) is 6.40. The number of hydrogen-bond donors (Lipinski definition) is 1. The molecule has 0 aliphatic carbocycles. The Bertz CT molecular complexity index is 391. The summed E-state index contributed by atoms with van der Waals surface area (Å²) >= 11 is 3.28. The molecule has 0 spiro atoms. The second-order valence-electron chi connectivity index (χ2n) is 4.89. The lowest BCUT2D eigenvalue weighted by Crippen LogP contribution is -2.31. The number of halogens is 2. The molecule has 1 aromatic rings. The highest BCUT2D eigenvalue weighted by atomic mass is 79.9. The van der Waals surface area contributed by atoms with Crippen LogP contribution in [0.5, 0.6) is 0 Å². The second kappa shape index (κ2) is 6.64. The van der Waals surface area contributed by atoms with E-state index in [4.69, 9.17) is 0 Å². The highest BCUT2D eigenvalue weighted by Gasteiger charge is 2.13. The molecule has 0 bridgehead atoms. The normalized spacial score (nSPS) is 18.2. The second-order valence-corrected chi connectivity index (χ2v) is 5.81. The summed E-state index contributed by atoms with van der Waals surface area (Å²) in [5, 5.41) is 3.39. The fourth-order valence-corrected chi connectivity index (χ4v) is 2.74. The number of likely N-dealkylation sites (tertiary alicyclic amines) is 1. The fraction of sp³-hybridized carbons (Fsp3) is 0.571. The zero-order chi connectivity index (χ0) is 13.0. The smallest absolute Gasteiger partial charge is 0.129 e. The molecule has 0 saturated carbocycles. The average Bonchev–Trinajstić information content (AvgIpc) is 2.81. The highest BCUT2D eigenvalue weighted by molar-refractivity contribution is 9.10. The minimum atomic E-state index is -0.148. The lowest BCUT2D eigenvalue weighted by atomic mass is 10.1. The molecule has 18 heavy (non-hydrogen) atoms. The molecule has 1 saturated heterocycles. The van der Waals surface area contributed by atoms with Crippen LogP contribution in [0.25, 0.3) is 0 Å². The van der Waals surface area contributed by atoms with Gasteiger partial charge in [-0.2, -0.15) is 0 Å². The Morgan fingerprint density at radius 3 is 2.78 bits per heavy atom. The van der Waals surface area contributed by atoms with Crippen LogP contribution in [0, 0.1) is 5.82 Å². The molecule has 1 aliphatic heterocycles. The van der Waals surface area contributed by atoms with Crippen molar-refractivity contribution in [3.05, 3.63) is 34.1 Å². The predicted molar refractivity (Wildman–Crippen MR) is 76.2 cm³/mol. The monoisotopic (exact) mass is 314 g/mol. The first-order valence-corrected chi connectivity index (χ1v) is 7.37. The first-order valence-electron chi connectivity index (χ1n) is 6.57. The summed E-state index contributed by atoms with van der Waals surface area (Å²) in [5.41, 5.74) is 0.736. The van der Waals surface area contributed by atoms with E-state index in [0.29, 0.717) is 0 Å². The summed E-state index contributed by atoms with van der Waals surface area (Å²) in [6.07, 6.45) is 2.63. The lowest BCUT2D eigenvalue weighted by molar-refractivity contribution is 0.329. The van der Waals surface area contributed by atoms with Gasteiger partial charge in [-0.25, -0.2) is 4.39 Å². The third kappa shape index (κ3) is 3.77. The van der Waals surface area contributed by atoms with Crippen molar-refractivity contribution in [3.8, 4) is 0 Å². The van der Waals surface area contributed by atoms with Crippen molar-refractivity contribution in [1.82, 2.24) is 10.2 Å². The van der Waals surface area contributed by atoms with Crippen LogP contribution >= 0.6 is 15.9 Å². The molecule has 1 heterocycles. The van der Waals surface area contributed by atoms with Crippen molar-refractivity contribution >= 4 is 15.9 Å². The van der Waals surface area contributed by atoms with E-state index in [1.54, 1.807) is 0 Å². The Hall–Kier alpha value is -0.450. The summed E-state index contributed by atoms with van der Waals surface area (Å²) in [7, 11) is 0. The van der Waals surface area contributed by atoms with Gasteiger partial charge in [-0.3, -0.25) is 0 Å². The Kier molecular flexibility index (Phi) is 5.15. The number of hydrogen-bond acceptors (Lipinski definition) is 2. The molecule has 1 N–H and O–H groups in total. The maximum absolute atomic E-state index is 13.7. The highest BCUT2D eigenvalue weighted by Crippen LogP contribution is 2.20. The minimum absolute atomic E-state index is 0.0562. The first-order chi connectivity index (χ1) is 8.66. The zero-order valence-corrected chi connectivity index (χ0v) is 12.3. The van der Waals surface area contributed by atoms with Crippen LogP contribution in [-0.4, -0.2) is 31.1 Å². The summed E-state index contributed by atoms with van der Waals surface area (Å²) < 4.78 is 14.5. The van der Waals surface area contributed by atoms with E-state index in [-0.39, 0.29) is 11.9 Å². The van der Waals surface area contributed by atoms with Gasteiger partial charge in [-0.1, -0.05) is 22.0 Å². The Balaban J connectivity index is 1.81. The van der Waals surface area contributed by atoms with Gasteiger partial charge in [0.1, 0.15) is 5.82 Å². The van der Waals surface area contributed by atoms with Crippen LogP contribution in [0.15, 0.2) is 22.7 Å². The van der Waals surface area contributed by atoms with E-state index in [0.717, 1.165) is 23.1 Å². The maximum Gasteiger partial charge on any atom is 0.129 e. The number of nitrogens with zero attached hydrogens (tertiary/aromatic N) is 1. The fourth-order valence-electron chi connectivity index (χ4n) is 2.41. The van der Waals surface area contributed by atoms with Crippen molar-refractivity contribution in [1.29, 1.82) is 0 Å². The molecule has 2 nitrogen and oxygen atoms in total. The van der Waals surface area contributed by atoms with Gasteiger partial charge >= 0.3 is 0 Å². The zero-order valence-electron chi connectivity index (χ0n) is 10.8. The van der Waals surface area contributed by atoms with Crippen LogP contribution in [0.1, 0.15) is 31.4 Å². The van der Waals surface area contributed by atoms with E-state index in [2.05, 4.69) is 26.1 Å². The summed E-state index contributed by atoms with van der Waals surface area (Å²) in [6, 6.07) is 5.30. The number of rotatable bonds is 5. The van der Waals surface area contributed by atoms with Crippen molar-refractivity contribution in [2.45, 2.75) is 25.8 Å². The molecule has 1 atom stereocenters. The topological polar surface area (TPSA) is 15.3 Å². The largest absolute Gasteiger partial charge is 0.309 e. The van der Waals surface area contributed by atoms with E-state index in [1.807, 2.05) is 19.1 Å². The van der Waals surface area contributed by atoms with E-state index < -0.39 is 0 Å². The molecule has 0 amide bonds. The van der Waals surface area contributed by atoms with Crippen molar-refractivity contribution in [2.75, 3.05) is 26.2 Å². The van der Waals surface area contributed by atoms with Crippen LogP contribution in [-0.2, 0) is 0 Å². The third-order valence-corrected chi connectivity index (χ3v) is 4.00. The molecule has 1 fully saturated rings. The van der Waals surface area contributed by atoms with Crippen LogP contribution < -0.4 is 5.32 Å². The molecule has 0 radical (unpaired) electrons. The third-order valence-electron chi connectivity index (χ3n) is 3.51. The molecule has 4 heteroatoms. The van der Waals surface area contributed by atoms with E-state index in [9.17, 15) is 4.39 Å². The Morgan fingerprint density at radius 1 is 1.39 bits per heavy atom. The predicted octanol–water partition coefficient (Wildman–Crippen LogP) is 3.33. The molecule has 1 aromatic carbocycles. The van der Waals surface area contributed by atoms with Crippen molar-refractivity contribution in [3.63, 3.8) is 0 Å².